The van der Waals surface area contributed by atoms with Gasteiger partial charge in [0.15, 0.2) is 17.6 Å². The molecule has 0 bridgehead atoms. The molecule has 0 aliphatic carbocycles. The molecule has 0 aliphatic rings. The van der Waals surface area contributed by atoms with E-state index in [1.54, 1.807) is 56.0 Å². The quantitative estimate of drug-likeness (QED) is 0.336. The van der Waals surface area contributed by atoms with Gasteiger partial charge < -0.3 is 24.3 Å². The molecule has 1 amide bonds. The van der Waals surface area contributed by atoms with E-state index in [2.05, 4.69) is 26.7 Å². The summed E-state index contributed by atoms with van der Waals surface area (Å²) in [5.74, 6) is 2.55. The van der Waals surface area contributed by atoms with Gasteiger partial charge in [0, 0.05) is 6.07 Å². The lowest BCUT2D eigenvalue weighted by atomic mass is 10.1. The summed E-state index contributed by atoms with van der Waals surface area (Å²) in [7, 11) is 3.17. The largest absolute Gasteiger partial charge is 0.497 e. The first-order valence-electron chi connectivity index (χ1n) is 11.5. The Balaban J connectivity index is 1.37. The van der Waals surface area contributed by atoms with Crippen molar-refractivity contribution in [3.05, 3.63) is 59.7 Å². The average Bonchev–Trinajstić information content (AvgIpc) is 3.28. The first-order valence-corrected chi connectivity index (χ1v) is 11.5. The number of amides is 1. The van der Waals surface area contributed by atoms with Gasteiger partial charge in [-0.25, -0.2) is 0 Å². The Morgan fingerprint density at radius 2 is 1.75 bits per heavy atom. The highest BCUT2D eigenvalue weighted by Gasteiger charge is 2.17. The first-order chi connectivity index (χ1) is 17.4. The third kappa shape index (κ3) is 5.65. The Morgan fingerprint density at radius 3 is 2.47 bits per heavy atom. The van der Waals surface area contributed by atoms with Gasteiger partial charge in [-0.15, -0.1) is 15.3 Å². The van der Waals surface area contributed by atoms with Crippen molar-refractivity contribution in [2.75, 3.05) is 27.4 Å². The van der Waals surface area contributed by atoms with Crippen molar-refractivity contribution < 1.29 is 23.7 Å². The maximum Gasteiger partial charge on any atom is 0.260 e. The van der Waals surface area contributed by atoms with Crippen molar-refractivity contribution in [1.29, 1.82) is 0 Å². The van der Waals surface area contributed by atoms with Gasteiger partial charge in [0.1, 0.15) is 23.9 Å². The highest BCUT2D eigenvalue weighted by atomic mass is 16.5. The zero-order valence-corrected chi connectivity index (χ0v) is 20.9. The molecule has 2 heterocycles. The summed E-state index contributed by atoms with van der Waals surface area (Å²) in [6.45, 7) is 6.20. The molecule has 1 unspecified atom stereocenters. The minimum atomic E-state index is -0.641. The Morgan fingerprint density at radius 1 is 0.972 bits per heavy atom. The number of rotatable bonds is 10. The minimum Gasteiger partial charge on any atom is -0.497 e. The molecule has 2 aromatic heterocycles. The summed E-state index contributed by atoms with van der Waals surface area (Å²) in [4.78, 5) is 12.4. The van der Waals surface area contributed by atoms with Crippen LogP contribution in [0.5, 0.6) is 23.1 Å². The van der Waals surface area contributed by atoms with Gasteiger partial charge in [-0.3, -0.25) is 4.79 Å². The maximum atomic E-state index is 12.4. The Labute approximate surface area is 209 Å². The highest BCUT2D eigenvalue weighted by Crippen LogP contribution is 2.32. The topological polar surface area (TPSA) is 109 Å². The molecule has 4 aromatic rings. The van der Waals surface area contributed by atoms with E-state index in [0.29, 0.717) is 40.2 Å². The number of carbonyl (C=O) groups excluding carboxylic acids is 1. The molecule has 1 N–H and O–H groups in total. The van der Waals surface area contributed by atoms with Crippen LogP contribution in [0.15, 0.2) is 48.5 Å². The number of benzene rings is 2. The van der Waals surface area contributed by atoms with Crippen LogP contribution in [0.25, 0.3) is 17.0 Å². The molecule has 36 heavy (non-hydrogen) atoms. The van der Waals surface area contributed by atoms with Crippen molar-refractivity contribution in [3.63, 3.8) is 0 Å². The van der Waals surface area contributed by atoms with Crippen LogP contribution in [-0.2, 0) is 4.79 Å². The molecule has 0 aliphatic heterocycles. The number of hydrogen-bond donors (Lipinski definition) is 1. The fourth-order valence-corrected chi connectivity index (χ4v) is 3.74. The summed E-state index contributed by atoms with van der Waals surface area (Å²) in [5.41, 5.74) is 3.39. The first kappa shape index (κ1) is 24.8. The summed E-state index contributed by atoms with van der Waals surface area (Å²) in [6.07, 6.45) is -0.641. The lowest BCUT2D eigenvalue weighted by molar-refractivity contribution is -0.127. The van der Waals surface area contributed by atoms with Crippen molar-refractivity contribution in [2.45, 2.75) is 26.9 Å². The fourth-order valence-electron chi connectivity index (χ4n) is 3.74. The highest BCUT2D eigenvalue weighted by molar-refractivity contribution is 5.80. The van der Waals surface area contributed by atoms with E-state index in [9.17, 15) is 4.79 Å². The van der Waals surface area contributed by atoms with Gasteiger partial charge in [0.2, 0.25) is 5.88 Å². The van der Waals surface area contributed by atoms with Gasteiger partial charge in [-0.05, 0) is 68.3 Å². The SMILES string of the molecule is COc1ccc(OC)c(-c2nnc3ccc(OCCNC(=O)C(C)Oc4cc(C)cc(C)c4)nn23)c1. The van der Waals surface area contributed by atoms with Gasteiger partial charge in [-0.2, -0.15) is 4.52 Å². The normalized spacial score (nSPS) is 11.7. The zero-order chi connectivity index (χ0) is 25.7. The van der Waals surface area contributed by atoms with Crippen molar-refractivity contribution in [1.82, 2.24) is 25.1 Å². The molecule has 2 aromatic carbocycles. The number of nitrogens with zero attached hydrogens (tertiary/aromatic N) is 4. The van der Waals surface area contributed by atoms with Gasteiger partial charge >= 0.3 is 0 Å². The van der Waals surface area contributed by atoms with E-state index in [1.165, 1.54) is 0 Å². The maximum absolute atomic E-state index is 12.4. The Hall–Kier alpha value is -4.34. The number of methoxy groups -OCH3 is 2. The molecule has 0 fully saturated rings. The van der Waals surface area contributed by atoms with Crippen LogP contribution in [0.1, 0.15) is 18.1 Å². The number of hydrogen-bond acceptors (Lipinski definition) is 8. The molecular formula is C26H29N5O5. The van der Waals surface area contributed by atoms with Crippen LogP contribution in [0.2, 0.25) is 0 Å². The second-order valence-corrected chi connectivity index (χ2v) is 8.25. The average molecular weight is 492 g/mol. The van der Waals surface area contributed by atoms with E-state index in [0.717, 1.165) is 11.1 Å². The number of fused-ring (bicyclic) bond motifs is 1. The third-order valence-electron chi connectivity index (χ3n) is 5.41. The molecule has 10 nitrogen and oxygen atoms in total. The molecule has 10 heteroatoms. The van der Waals surface area contributed by atoms with Crippen molar-refractivity contribution >= 4 is 11.6 Å². The Bertz CT molecular complexity index is 1350. The number of aromatic nitrogens is 4. The van der Waals surface area contributed by atoms with Crippen LogP contribution >= 0.6 is 0 Å². The molecular weight excluding hydrogens is 462 g/mol. The molecule has 4 rings (SSSR count). The summed E-state index contributed by atoms with van der Waals surface area (Å²) in [6, 6.07) is 14.7. The smallest absolute Gasteiger partial charge is 0.260 e. The minimum absolute atomic E-state index is 0.223. The van der Waals surface area contributed by atoms with E-state index >= 15 is 0 Å². The summed E-state index contributed by atoms with van der Waals surface area (Å²) in [5, 5.41) is 15.8. The molecule has 0 saturated heterocycles. The molecule has 0 radical (unpaired) electrons. The summed E-state index contributed by atoms with van der Waals surface area (Å²) >= 11 is 0. The van der Waals surface area contributed by atoms with E-state index < -0.39 is 6.10 Å². The summed E-state index contributed by atoms with van der Waals surface area (Å²) < 4.78 is 23.9. The molecule has 0 spiro atoms. The van der Waals surface area contributed by atoms with Crippen molar-refractivity contribution in [2.24, 2.45) is 0 Å². The molecule has 0 saturated carbocycles. The van der Waals surface area contributed by atoms with Gasteiger partial charge in [-0.1, -0.05) is 6.07 Å². The lowest BCUT2D eigenvalue weighted by Crippen LogP contribution is -2.38. The second kappa shape index (κ2) is 10.9. The number of aryl methyl sites for hydroxylation is 2. The van der Waals surface area contributed by atoms with Crippen LogP contribution < -0.4 is 24.3 Å². The number of nitrogens with one attached hydrogen (secondary N) is 1. The van der Waals surface area contributed by atoms with Crippen LogP contribution in [0.3, 0.4) is 0 Å². The molecule has 188 valence electrons. The van der Waals surface area contributed by atoms with Gasteiger partial charge in [0.05, 0.1) is 26.3 Å². The van der Waals surface area contributed by atoms with Crippen LogP contribution in [0, 0.1) is 13.8 Å². The predicted molar refractivity (Wildman–Crippen MR) is 134 cm³/mol. The lowest BCUT2D eigenvalue weighted by Gasteiger charge is -2.15. The fraction of sp³-hybridized carbons (Fsp3) is 0.308. The number of ether oxygens (including phenoxy) is 4. The standard InChI is InChI=1S/C26H29N5O5/c1-16-12-17(2)14-20(13-16)36-18(3)26(32)27-10-11-35-24-9-8-23-28-29-25(31(23)30-24)21-15-19(33-4)6-7-22(21)34-5/h6-9,12-15,18H,10-11H2,1-5H3,(H,27,32). The predicted octanol–water partition coefficient (Wildman–Crippen LogP) is 3.39. The monoisotopic (exact) mass is 491 g/mol. The van der Waals surface area contributed by atoms with Crippen molar-refractivity contribution in [3.8, 4) is 34.5 Å². The Kier molecular flexibility index (Phi) is 7.53. The van der Waals surface area contributed by atoms with E-state index in [1.807, 2.05) is 26.0 Å². The van der Waals surface area contributed by atoms with E-state index in [-0.39, 0.29) is 19.1 Å². The third-order valence-corrected chi connectivity index (χ3v) is 5.41. The van der Waals surface area contributed by atoms with Gasteiger partial charge in [0.25, 0.3) is 5.91 Å². The van der Waals surface area contributed by atoms with E-state index in [4.69, 9.17) is 18.9 Å². The second-order valence-electron chi connectivity index (χ2n) is 8.25. The van der Waals surface area contributed by atoms with Crippen LogP contribution in [-0.4, -0.2) is 59.2 Å². The zero-order valence-electron chi connectivity index (χ0n) is 20.9. The number of carbonyl (C=O) groups is 1. The molecule has 1 atom stereocenters. The van der Waals surface area contributed by atoms with Crippen LogP contribution in [0.4, 0.5) is 0 Å².